The van der Waals surface area contributed by atoms with Crippen LogP contribution in [0.3, 0.4) is 0 Å². The first-order valence-corrected chi connectivity index (χ1v) is 9.31. The Morgan fingerprint density at radius 3 is 2.55 bits per heavy atom. The van der Waals surface area contributed by atoms with E-state index in [1.165, 1.54) is 6.26 Å². The summed E-state index contributed by atoms with van der Waals surface area (Å²) >= 11 is 5.94. The van der Waals surface area contributed by atoms with E-state index in [2.05, 4.69) is 15.6 Å². The smallest absolute Gasteiger partial charge is 0.191 e. The summed E-state index contributed by atoms with van der Waals surface area (Å²) in [5.41, 5.74) is 1.13. The number of nitrogens with one attached hydrogen (secondary N) is 2. The molecule has 0 aliphatic heterocycles. The second kappa shape index (κ2) is 7.83. The zero-order valence-electron chi connectivity index (χ0n) is 13.5. The van der Waals surface area contributed by atoms with E-state index in [1.54, 1.807) is 20.9 Å². The molecule has 0 bridgehead atoms. The van der Waals surface area contributed by atoms with Crippen LogP contribution in [0.4, 0.5) is 0 Å². The molecule has 0 saturated heterocycles. The summed E-state index contributed by atoms with van der Waals surface area (Å²) in [5.74, 6) is 0.582. The van der Waals surface area contributed by atoms with Gasteiger partial charge in [-0.25, -0.2) is 8.42 Å². The van der Waals surface area contributed by atoms with Crippen molar-refractivity contribution in [3.63, 3.8) is 0 Å². The lowest BCUT2D eigenvalue weighted by atomic mass is 10.1. The SMILES string of the molecule is CN=C(NCCc1cccc(Cl)c1)NCC(C)(C)S(C)(=O)=O. The highest BCUT2D eigenvalue weighted by atomic mass is 35.5. The maximum Gasteiger partial charge on any atom is 0.191 e. The third-order valence-corrected chi connectivity index (χ3v) is 5.89. The number of hydrogen-bond donors (Lipinski definition) is 2. The van der Waals surface area contributed by atoms with Crippen LogP contribution in [0.1, 0.15) is 19.4 Å². The van der Waals surface area contributed by atoms with Gasteiger partial charge in [0.1, 0.15) is 0 Å². The second-order valence-electron chi connectivity index (χ2n) is 5.76. The molecule has 0 aliphatic rings. The van der Waals surface area contributed by atoms with Crippen LogP contribution < -0.4 is 10.6 Å². The van der Waals surface area contributed by atoms with Gasteiger partial charge in [-0.1, -0.05) is 23.7 Å². The van der Waals surface area contributed by atoms with Crippen molar-refractivity contribution in [2.75, 3.05) is 26.4 Å². The lowest BCUT2D eigenvalue weighted by molar-refractivity contribution is 0.544. The molecule has 0 unspecified atom stereocenters. The fraction of sp³-hybridized carbons (Fsp3) is 0.533. The Kier molecular flexibility index (Phi) is 6.68. The van der Waals surface area contributed by atoms with E-state index in [9.17, 15) is 8.42 Å². The number of sulfone groups is 1. The van der Waals surface area contributed by atoms with Crippen molar-refractivity contribution in [1.29, 1.82) is 0 Å². The van der Waals surface area contributed by atoms with Gasteiger partial charge in [-0.15, -0.1) is 0 Å². The summed E-state index contributed by atoms with van der Waals surface area (Å²) in [7, 11) is -1.48. The topological polar surface area (TPSA) is 70.6 Å². The number of nitrogens with zero attached hydrogens (tertiary/aromatic N) is 1. The highest BCUT2D eigenvalue weighted by Crippen LogP contribution is 2.13. The summed E-state index contributed by atoms with van der Waals surface area (Å²) in [4.78, 5) is 4.10. The summed E-state index contributed by atoms with van der Waals surface area (Å²) in [6.07, 6.45) is 2.04. The first-order valence-electron chi connectivity index (χ1n) is 7.04. The third-order valence-electron chi connectivity index (χ3n) is 3.50. The van der Waals surface area contributed by atoms with Crippen molar-refractivity contribution in [2.45, 2.75) is 25.0 Å². The van der Waals surface area contributed by atoms with Crippen molar-refractivity contribution in [3.8, 4) is 0 Å². The van der Waals surface area contributed by atoms with Crippen LogP contribution in [0.5, 0.6) is 0 Å². The molecule has 0 spiro atoms. The summed E-state index contributed by atoms with van der Waals surface area (Å²) in [6, 6.07) is 7.69. The molecule has 0 heterocycles. The Hall–Kier alpha value is -1.27. The molecule has 1 rings (SSSR count). The van der Waals surface area contributed by atoms with Crippen molar-refractivity contribution in [1.82, 2.24) is 10.6 Å². The van der Waals surface area contributed by atoms with Gasteiger partial charge in [-0.05, 0) is 38.0 Å². The molecule has 1 aromatic carbocycles. The van der Waals surface area contributed by atoms with Crippen LogP contribution in [0, 0.1) is 0 Å². The highest BCUT2D eigenvalue weighted by molar-refractivity contribution is 7.92. The minimum Gasteiger partial charge on any atom is -0.356 e. The Morgan fingerprint density at radius 1 is 1.32 bits per heavy atom. The normalized spacial score (nSPS) is 13.0. The minimum absolute atomic E-state index is 0.294. The van der Waals surface area contributed by atoms with Crippen LogP contribution in [-0.4, -0.2) is 45.5 Å². The molecule has 2 N–H and O–H groups in total. The number of halogens is 1. The predicted molar refractivity (Wildman–Crippen MR) is 93.4 cm³/mol. The van der Waals surface area contributed by atoms with Gasteiger partial charge in [-0.2, -0.15) is 0 Å². The summed E-state index contributed by atoms with van der Waals surface area (Å²) in [6.45, 7) is 4.35. The van der Waals surface area contributed by atoms with Gasteiger partial charge in [-0.3, -0.25) is 4.99 Å². The molecule has 5 nitrogen and oxygen atoms in total. The second-order valence-corrected chi connectivity index (χ2v) is 8.85. The van der Waals surface area contributed by atoms with Crippen LogP contribution in [0.2, 0.25) is 5.02 Å². The maximum absolute atomic E-state index is 11.7. The van der Waals surface area contributed by atoms with E-state index in [4.69, 9.17) is 11.6 Å². The van der Waals surface area contributed by atoms with E-state index in [1.807, 2.05) is 24.3 Å². The fourth-order valence-corrected chi connectivity index (χ4v) is 2.21. The number of benzene rings is 1. The molecule has 7 heteroatoms. The fourth-order valence-electron chi connectivity index (χ4n) is 1.67. The van der Waals surface area contributed by atoms with Crippen molar-refractivity contribution < 1.29 is 8.42 Å². The van der Waals surface area contributed by atoms with Gasteiger partial charge in [0.2, 0.25) is 0 Å². The van der Waals surface area contributed by atoms with E-state index in [0.29, 0.717) is 19.0 Å². The molecule has 0 saturated carbocycles. The molecule has 0 aliphatic carbocycles. The van der Waals surface area contributed by atoms with Gasteiger partial charge in [0.05, 0.1) is 4.75 Å². The number of rotatable bonds is 6. The third kappa shape index (κ3) is 5.85. The van der Waals surface area contributed by atoms with Gasteiger partial charge < -0.3 is 10.6 Å². The van der Waals surface area contributed by atoms with Gasteiger partial charge in [0.25, 0.3) is 0 Å². The molecule has 0 amide bonds. The monoisotopic (exact) mass is 345 g/mol. The Bertz CT molecular complexity index is 627. The van der Waals surface area contributed by atoms with Crippen LogP contribution in [0.15, 0.2) is 29.3 Å². The molecule has 0 atom stereocenters. The molecular weight excluding hydrogens is 322 g/mol. The van der Waals surface area contributed by atoms with Crippen molar-refractivity contribution in [3.05, 3.63) is 34.9 Å². The number of hydrogen-bond acceptors (Lipinski definition) is 3. The van der Waals surface area contributed by atoms with Crippen LogP contribution in [0.25, 0.3) is 0 Å². The molecule has 124 valence electrons. The van der Waals surface area contributed by atoms with Crippen LogP contribution in [-0.2, 0) is 16.3 Å². The zero-order chi connectivity index (χ0) is 16.8. The van der Waals surface area contributed by atoms with Crippen LogP contribution >= 0.6 is 11.6 Å². The Balaban J connectivity index is 2.47. The molecule has 22 heavy (non-hydrogen) atoms. The first-order chi connectivity index (χ1) is 10.2. The quantitative estimate of drug-likeness (QED) is 0.610. The van der Waals surface area contributed by atoms with E-state index in [0.717, 1.165) is 17.0 Å². The van der Waals surface area contributed by atoms with E-state index < -0.39 is 14.6 Å². The highest BCUT2D eigenvalue weighted by Gasteiger charge is 2.30. The predicted octanol–water partition coefficient (Wildman–Crippen LogP) is 1.87. The minimum atomic E-state index is -3.13. The number of aliphatic imine (C=N–C) groups is 1. The van der Waals surface area contributed by atoms with Gasteiger partial charge in [0, 0.05) is 31.4 Å². The molecule has 0 radical (unpaired) electrons. The van der Waals surface area contributed by atoms with Crippen molar-refractivity contribution in [2.24, 2.45) is 4.99 Å². The average molecular weight is 346 g/mol. The average Bonchev–Trinajstić information content (AvgIpc) is 2.41. The largest absolute Gasteiger partial charge is 0.356 e. The lowest BCUT2D eigenvalue weighted by Crippen LogP contribution is -2.48. The van der Waals surface area contributed by atoms with Gasteiger partial charge in [0.15, 0.2) is 15.8 Å². The van der Waals surface area contributed by atoms with Gasteiger partial charge >= 0.3 is 0 Å². The molecule has 1 aromatic rings. The van der Waals surface area contributed by atoms with Crippen molar-refractivity contribution >= 4 is 27.4 Å². The standard InChI is InChI=1S/C15H24ClN3O2S/c1-15(2,22(4,20)21)11-19-14(17-3)18-9-8-12-6-5-7-13(16)10-12/h5-7,10H,8-9,11H2,1-4H3,(H2,17,18,19). The van der Waals surface area contributed by atoms with E-state index in [-0.39, 0.29) is 0 Å². The molecular formula is C15H24ClN3O2S. The Labute approximate surface area is 138 Å². The number of guanidine groups is 1. The summed E-state index contributed by atoms with van der Waals surface area (Å²) in [5, 5.41) is 6.93. The molecule has 0 fully saturated rings. The van der Waals surface area contributed by atoms with E-state index >= 15 is 0 Å². The first kappa shape index (κ1) is 18.8. The maximum atomic E-state index is 11.7. The summed E-state index contributed by atoms with van der Waals surface area (Å²) < 4.78 is 22.5. The lowest BCUT2D eigenvalue weighted by Gasteiger charge is -2.24. The Morgan fingerprint density at radius 2 is 2.00 bits per heavy atom. The zero-order valence-corrected chi connectivity index (χ0v) is 15.1. The molecule has 0 aromatic heterocycles.